The molecule has 0 aromatic carbocycles. The number of rotatable bonds is 7. The van der Waals surface area contributed by atoms with Crippen molar-refractivity contribution in [1.82, 2.24) is 29.3 Å². The van der Waals surface area contributed by atoms with E-state index in [1.807, 2.05) is 23.1 Å². The number of pyridine rings is 1. The van der Waals surface area contributed by atoms with Gasteiger partial charge in [0, 0.05) is 37.4 Å². The fraction of sp³-hybridized carbons (Fsp3) is 0.462. The molecule has 180 valence electrons. The molecule has 4 aromatic heterocycles. The first-order valence-electron chi connectivity index (χ1n) is 12.1. The summed E-state index contributed by atoms with van der Waals surface area (Å²) in [4.78, 5) is 13.6. The molecule has 0 bridgehead atoms. The number of aryl methyl sites for hydroxylation is 1. The molecule has 1 atom stereocenters. The van der Waals surface area contributed by atoms with Crippen LogP contribution in [0.3, 0.4) is 0 Å². The first-order chi connectivity index (χ1) is 16.9. The number of halogens is 1. The summed E-state index contributed by atoms with van der Waals surface area (Å²) >= 11 is 6.36. The molecule has 6 rings (SSSR count). The third kappa shape index (κ3) is 4.40. The van der Waals surface area contributed by atoms with Crippen molar-refractivity contribution in [2.24, 2.45) is 5.92 Å². The summed E-state index contributed by atoms with van der Waals surface area (Å²) in [5, 5.41) is 16.6. The maximum atomic E-state index is 10.6. The summed E-state index contributed by atoms with van der Waals surface area (Å²) in [5.74, 6) is 6.37. The highest BCUT2D eigenvalue weighted by Crippen LogP contribution is 2.40. The monoisotopic (exact) mass is 490 g/mol. The van der Waals surface area contributed by atoms with Crippen LogP contribution < -0.4 is 0 Å². The number of aromatic nitrogens is 6. The second kappa shape index (κ2) is 8.59. The van der Waals surface area contributed by atoms with Crippen molar-refractivity contribution in [3.05, 3.63) is 35.6 Å². The van der Waals surface area contributed by atoms with E-state index in [0.717, 1.165) is 66.1 Å². The van der Waals surface area contributed by atoms with Gasteiger partial charge in [0.1, 0.15) is 28.0 Å². The van der Waals surface area contributed by atoms with E-state index in [4.69, 9.17) is 21.4 Å². The summed E-state index contributed by atoms with van der Waals surface area (Å²) in [6.07, 6.45) is 11.0. The molecule has 0 radical (unpaired) electrons. The van der Waals surface area contributed by atoms with Gasteiger partial charge in [0.25, 0.3) is 0 Å². The van der Waals surface area contributed by atoms with Gasteiger partial charge in [-0.2, -0.15) is 5.10 Å². The zero-order chi connectivity index (χ0) is 24.2. The van der Waals surface area contributed by atoms with Crippen LogP contribution in [0, 0.1) is 17.8 Å². The number of hydrogen-bond acceptors (Lipinski definition) is 6. The van der Waals surface area contributed by atoms with E-state index >= 15 is 0 Å². The third-order valence-electron chi connectivity index (χ3n) is 6.86. The number of fused-ring (bicyclic) bond motifs is 2. The van der Waals surface area contributed by atoms with E-state index in [-0.39, 0.29) is 11.2 Å². The van der Waals surface area contributed by atoms with Crippen molar-refractivity contribution in [2.75, 3.05) is 13.7 Å². The van der Waals surface area contributed by atoms with E-state index in [1.54, 1.807) is 14.0 Å². The normalized spacial score (nSPS) is 17.5. The average Bonchev–Trinajstić information content (AvgIpc) is 3.77. The van der Waals surface area contributed by atoms with Gasteiger partial charge in [-0.05, 0) is 68.5 Å². The Labute approximate surface area is 208 Å². The van der Waals surface area contributed by atoms with E-state index < -0.39 is 5.60 Å². The third-order valence-corrected chi connectivity index (χ3v) is 7.03. The van der Waals surface area contributed by atoms with Gasteiger partial charge in [-0.1, -0.05) is 5.92 Å². The maximum absolute atomic E-state index is 10.6. The topological polar surface area (TPSA) is 90.9 Å². The lowest BCUT2D eigenvalue weighted by atomic mass is 10.0. The van der Waals surface area contributed by atoms with Crippen molar-refractivity contribution < 1.29 is 9.84 Å². The Balaban J connectivity index is 1.49. The van der Waals surface area contributed by atoms with Crippen LogP contribution in [0.15, 0.2) is 24.7 Å². The van der Waals surface area contributed by atoms with Crippen LogP contribution in [0.4, 0.5) is 0 Å². The molecule has 8 nitrogen and oxygen atoms in total. The Morgan fingerprint density at radius 3 is 2.80 bits per heavy atom. The largest absolute Gasteiger partial charge is 0.385 e. The molecule has 2 fully saturated rings. The highest BCUT2D eigenvalue weighted by atomic mass is 35.5. The van der Waals surface area contributed by atoms with Crippen molar-refractivity contribution in [1.29, 1.82) is 0 Å². The van der Waals surface area contributed by atoms with Crippen LogP contribution in [0.5, 0.6) is 0 Å². The highest BCUT2D eigenvalue weighted by molar-refractivity contribution is 6.29. The number of hydrogen-bond donors (Lipinski definition) is 1. The highest BCUT2D eigenvalue weighted by Gasteiger charge is 2.38. The molecular weight excluding hydrogens is 464 g/mol. The quantitative estimate of drug-likeness (QED) is 0.235. The van der Waals surface area contributed by atoms with Gasteiger partial charge in [-0.3, -0.25) is 4.68 Å². The van der Waals surface area contributed by atoms with Crippen LogP contribution in [-0.4, -0.2) is 53.7 Å². The van der Waals surface area contributed by atoms with Gasteiger partial charge in [-0.15, -0.1) is 0 Å². The van der Waals surface area contributed by atoms with Gasteiger partial charge in [-0.25, -0.2) is 15.0 Å². The van der Waals surface area contributed by atoms with Crippen LogP contribution in [0.2, 0.25) is 5.28 Å². The van der Waals surface area contributed by atoms with Crippen LogP contribution in [-0.2, 0) is 11.3 Å². The molecule has 2 aliphatic carbocycles. The molecule has 0 aliphatic heterocycles. The fourth-order valence-electron chi connectivity index (χ4n) is 4.56. The Kier molecular flexibility index (Phi) is 5.52. The molecule has 4 aromatic rings. The van der Waals surface area contributed by atoms with Gasteiger partial charge in [0.2, 0.25) is 5.28 Å². The van der Waals surface area contributed by atoms with E-state index in [1.165, 1.54) is 0 Å². The van der Waals surface area contributed by atoms with Gasteiger partial charge >= 0.3 is 0 Å². The van der Waals surface area contributed by atoms with Gasteiger partial charge in [0.05, 0.1) is 24.0 Å². The Morgan fingerprint density at radius 2 is 2.06 bits per heavy atom. The van der Waals surface area contributed by atoms with Gasteiger partial charge < -0.3 is 14.4 Å². The fourth-order valence-corrected chi connectivity index (χ4v) is 4.74. The van der Waals surface area contributed by atoms with E-state index in [0.29, 0.717) is 24.0 Å². The van der Waals surface area contributed by atoms with Crippen molar-refractivity contribution in [2.45, 2.75) is 57.2 Å². The Bertz CT molecular complexity index is 1490. The molecule has 35 heavy (non-hydrogen) atoms. The molecule has 0 saturated heterocycles. The Hall–Kier alpha value is -2.99. The maximum Gasteiger partial charge on any atom is 0.223 e. The summed E-state index contributed by atoms with van der Waals surface area (Å²) in [5.41, 5.74) is 3.67. The molecule has 0 amide bonds. The first kappa shape index (κ1) is 22.5. The Morgan fingerprint density at radius 1 is 1.23 bits per heavy atom. The lowest BCUT2D eigenvalue weighted by molar-refractivity contribution is 0.0980. The molecule has 2 saturated carbocycles. The predicted octanol–water partition coefficient (Wildman–Crippen LogP) is 4.38. The second-order valence-electron chi connectivity index (χ2n) is 9.76. The second-order valence-corrected chi connectivity index (χ2v) is 10.1. The molecule has 2 aliphatic rings. The number of ether oxygens (including phenoxy) is 1. The zero-order valence-electron chi connectivity index (χ0n) is 19.8. The molecule has 4 heterocycles. The predicted molar refractivity (Wildman–Crippen MR) is 134 cm³/mol. The summed E-state index contributed by atoms with van der Waals surface area (Å²) < 4.78 is 9.40. The number of nitrogens with zero attached hydrogens (tertiary/aromatic N) is 6. The van der Waals surface area contributed by atoms with Crippen LogP contribution in [0.1, 0.15) is 50.8 Å². The molecular formula is C26H27ClN6O2. The minimum absolute atomic E-state index is 0.192. The summed E-state index contributed by atoms with van der Waals surface area (Å²) in [6, 6.07) is 2.39. The average molecular weight is 491 g/mol. The lowest BCUT2D eigenvalue weighted by Crippen LogP contribution is -2.24. The minimum atomic E-state index is -0.993. The molecule has 9 heteroatoms. The minimum Gasteiger partial charge on any atom is -0.385 e. The summed E-state index contributed by atoms with van der Waals surface area (Å²) in [6.45, 7) is 3.22. The van der Waals surface area contributed by atoms with Crippen molar-refractivity contribution in [3.63, 3.8) is 0 Å². The lowest BCUT2D eigenvalue weighted by Gasteiger charge is -2.14. The van der Waals surface area contributed by atoms with Crippen molar-refractivity contribution in [3.8, 4) is 23.1 Å². The number of aliphatic hydroxyl groups is 1. The number of methoxy groups -OCH3 is 1. The molecule has 1 N–H and O–H groups in total. The molecule has 1 unspecified atom stereocenters. The summed E-state index contributed by atoms with van der Waals surface area (Å²) in [7, 11) is 1.71. The first-order valence-corrected chi connectivity index (χ1v) is 12.5. The smallest absolute Gasteiger partial charge is 0.223 e. The van der Waals surface area contributed by atoms with Crippen LogP contribution >= 0.6 is 11.6 Å². The van der Waals surface area contributed by atoms with E-state index in [2.05, 4.69) is 37.6 Å². The SMILES string of the molecule is COCCCn1cc(-c2nc(Cl)nc3cn(C4CC4)nc23)c2cc(C#CC(C)(O)C3CC3)ncc21. The standard InChI is InChI=1S/C26H27ClN6O2/c1-26(34,16-4-5-16)9-8-17-12-19-20(14-32(10-3-11-35-2)22(19)13-28-17)23-24-21(29-25(27)30-23)15-33(31-24)18-6-7-18/h12-16,18,34H,3-7,10-11H2,1-2H3. The van der Waals surface area contributed by atoms with Gasteiger partial charge in [0.15, 0.2) is 0 Å². The van der Waals surface area contributed by atoms with E-state index in [9.17, 15) is 5.11 Å². The van der Waals surface area contributed by atoms with Crippen LogP contribution in [0.25, 0.3) is 33.2 Å². The zero-order valence-corrected chi connectivity index (χ0v) is 20.6. The molecule has 0 spiro atoms. The van der Waals surface area contributed by atoms with Crippen molar-refractivity contribution >= 4 is 33.5 Å².